The summed E-state index contributed by atoms with van der Waals surface area (Å²) in [4.78, 5) is 42.6. The lowest BCUT2D eigenvalue weighted by atomic mass is 10.1. The van der Waals surface area contributed by atoms with E-state index in [0.717, 1.165) is 64.2 Å². The van der Waals surface area contributed by atoms with E-state index in [9.17, 15) is 14.2 Å². The van der Waals surface area contributed by atoms with Crippen molar-refractivity contribution in [2.24, 2.45) is 0 Å². The van der Waals surface area contributed by atoms with Crippen LogP contribution in [-0.2, 0) is 28.2 Å². The van der Waals surface area contributed by atoms with Crippen molar-refractivity contribution in [1.29, 1.82) is 0 Å². The second-order valence-corrected chi connectivity index (χ2v) is 13.1. The van der Waals surface area contributed by atoms with Crippen LogP contribution in [0.25, 0.3) is 0 Å². The second kappa shape index (κ2) is 33.6. The van der Waals surface area contributed by atoms with Gasteiger partial charge < -0.3 is 19.3 Å². The van der Waals surface area contributed by atoms with Gasteiger partial charge in [-0.2, -0.15) is 0 Å². The normalized spacial score (nSPS) is 13.2. The van der Waals surface area contributed by atoms with Crippen LogP contribution in [0, 0.1) is 0 Å². The second-order valence-electron chi connectivity index (χ2n) is 11.9. The number of unbranched alkanes of at least 4 members (excludes halogenated alkanes) is 15. The van der Waals surface area contributed by atoms with Crippen LogP contribution in [0.3, 0.4) is 0 Å². The lowest BCUT2D eigenvalue weighted by molar-refractivity contribution is -0.161. The maximum Gasteiger partial charge on any atom is 0.469 e. The van der Waals surface area contributed by atoms with Gasteiger partial charge in [-0.05, 0) is 57.8 Å². The summed E-state index contributed by atoms with van der Waals surface area (Å²) in [6.07, 6.45) is 40.9. The number of hydrogen-bond donors (Lipinski definition) is 2. The Morgan fingerprint density at radius 3 is 1.55 bits per heavy atom. The standard InChI is InChI=1S/C38H65O8P/c1-3-5-7-9-11-13-15-17-18-19-21-22-24-26-28-30-32-37(39)44-34-36(35-45-47(41,42)43)46-38(40)33-31-29-27-25-23-20-16-14-12-10-8-6-4-2/h6,8,10,12,14,16,18-19,21-22,36H,3-5,7,9,11,13,15,17,20,23-35H2,1-2H3,(H2,41,42,43)/b8-6+,12-10+,16-14+,19-18+,22-21+. The third kappa shape index (κ3) is 36.4. The molecular weight excluding hydrogens is 615 g/mol. The van der Waals surface area contributed by atoms with Gasteiger partial charge in [0.15, 0.2) is 6.10 Å². The molecule has 0 amide bonds. The van der Waals surface area contributed by atoms with Crippen LogP contribution in [0.15, 0.2) is 60.8 Å². The summed E-state index contributed by atoms with van der Waals surface area (Å²) in [5.41, 5.74) is 0. The fourth-order valence-electron chi connectivity index (χ4n) is 4.66. The molecule has 270 valence electrons. The first-order valence-electron chi connectivity index (χ1n) is 18.1. The van der Waals surface area contributed by atoms with E-state index in [1.165, 1.54) is 44.9 Å². The number of carbonyl (C=O) groups is 2. The molecule has 0 heterocycles. The Morgan fingerprint density at radius 1 is 0.574 bits per heavy atom. The van der Waals surface area contributed by atoms with E-state index in [-0.39, 0.29) is 19.4 Å². The van der Waals surface area contributed by atoms with Crippen molar-refractivity contribution >= 4 is 19.8 Å². The maximum absolute atomic E-state index is 12.3. The van der Waals surface area contributed by atoms with Gasteiger partial charge in [0.05, 0.1) is 6.61 Å². The molecule has 8 nitrogen and oxygen atoms in total. The molecular formula is C38H65O8P. The molecule has 0 rings (SSSR count). The number of rotatable bonds is 32. The molecule has 0 radical (unpaired) electrons. The van der Waals surface area contributed by atoms with Crippen LogP contribution >= 0.6 is 7.82 Å². The van der Waals surface area contributed by atoms with Crippen molar-refractivity contribution in [2.75, 3.05) is 13.2 Å². The summed E-state index contributed by atoms with van der Waals surface area (Å²) in [7, 11) is -4.76. The largest absolute Gasteiger partial charge is 0.469 e. The Hall–Kier alpha value is -2.25. The molecule has 0 aliphatic rings. The average Bonchev–Trinajstić information content (AvgIpc) is 3.03. The quantitative estimate of drug-likeness (QED) is 0.0312. The zero-order valence-electron chi connectivity index (χ0n) is 29.4. The van der Waals surface area contributed by atoms with E-state index in [0.29, 0.717) is 12.8 Å². The SMILES string of the molecule is CC/C=C/C=C/C=C/CCCCCCCC(=O)OC(COC(=O)CCCCC/C=C/C=C/CCCCCCCCC)COP(=O)(O)O. The smallest absolute Gasteiger partial charge is 0.462 e. The monoisotopic (exact) mass is 680 g/mol. The highest BCUT2D eigenvalue weighted by molar-refractivity contribution is 7.46. The van der Waals surface area contributed by atoms with Crippen LogP contribution in [-0.4, -0.2) is 41.0 Å². The molecule has 1 atom stereocenters. The minimum absolute atomic E-state index is 0.180. The van der Waals surface area contributed by atoms with Crippen molar-refractivity contribution in [3.63, 3.8) is 0 Å². The lowest BCUT2D eigenvalue weighted by Crippen LogP contribution is -2.29. The molecule has 0 aliphatic carbocycles. The van der Waals surface area contributed by atoms with Gasteiger partial charge >= 0.3 is 19.8 Å². The summed E-state index contributed by atoms with van der Waals surface area (Å²) in [5, 5.41) is 0. The van der Waals surface area contributed by atoms with E-state index in [1.54, 1.807) is 0 Å². The van der Waals surface area contributed by atoms with Crippen LogP contribution in [0.5, 0.6) is 0 Å². The Balaban J connectivity index is 4.07. The van der Waals surface area contributed by atoms with Crippen molar-refractivity contribution < 1.29 is 37.9 Å². The summed E-state index contributed by atoms with van der Waals surface area (Å²) >= 11 is 0. The molecule has 9 heteroatoms. The first-order valence-corrected chi connectivity index (χ1v) is 19.7. The molecule has 0 saturated carbocycles. The van der Waals surface area contributed by atoms with Crippen LogP contribution < -0.4 is 0 Å². The molecule has 0 aromatic rings. The maximum atomic E-state index is 12.3. The third-order valence-electron chi connectivity index (χ3n) is 7.36. The van der Waals surface area contributed by atoms with Crippen LogP contribution in [0.2, 0.25) is 0 Å². The Bertz CT molecular complexity index is 947. The minimum Gasteiger partial charge on any atom is -0.462 e. The molecule has 0 spiro atoms. The number of hydrogen-bond acceptors (Lipinski definition) is 6. The summed E-state index contributed by atoms with van der Waals surface area (Å²) in [5.74, 6) is -0.946. The first kappa shape index (κ1) is 44.8. The predicted molar refractivity (Wildman–Crippen MR) is 193 cm³/mol. The first-order chi connectivity index (χ1) is 22.8. The van der Waals surface area contributed by atoms with Gasteiger partial charge in [0.1, 0.15) is 6.61 Å². The van der Waals surface area contributed by atoms with Gasteiger partial charge in [0, 0.05) is 12.8 Å². The van der Waals surface area contributed by atoms with Crippen LogP contribution in [0.1, 0.15) is 149 Å². The molecule has 0 bridgehead atoms. The molecule has 0 aromatic carbocycles. The molecule has 1 unspecified atom stereocenters. The Morgan fingerprint density at radius 2 is 1.02 bits per heavy atom. The van der Waals surface area contributed by atoms with E-state index >= 15 is 0 Å². The number of phosphoric ester groups is 1. The number of allylic oxidation sites excluding steroid dienone is 10. The van der Waals surface area contributed by atoms with E-state index in [4.69, 9.17) is 19.3 Å². The lowest BCUT2D eigenvalue weighted by Gasteiger charge is -2.18. The highest BCUT2D eigenvalue weighted by atomic mass is 31.2. The number of ether oxygens (including phenoxy) is 2. The molecule has 0 aliphatic heterocycles. The molecule has 0 fully saturated rings. The fraction of sp³-hybridized carbons (Fsp3) is 0.684. The Kier molecular flexibility index (Phi) is 32.0. The fourth-order valence-corrected chi connectivity index (χ4v) is 5.02. The zero-order valence-corrected chi connectivity index (χ0v) is 30.3. The number of phosphoric acid groups is 1. The van der Waals surface area contributed by atoms with Crippen molar-refractivity contribution in [3.8, 4) is 0 Å². The number of carbonyl (C=O) groups excluding carboxylic acids is 2. The van der Waals surface area contributed by atoms with E-state index in [2.05, 4.69) is 60.9 Å². The van der Waals surface area contributed by atoms with Crippen molar-refractivity contribution in [1.82, 2.24) is 0 Å². The zero-order chi connectivity index (χ0) is 34.7. The highest BCUT2D eigenvalue weighted by Crippen LogP contribution is 2.35. The highest BCUT2D eigenvalue weighted by Gasteiger charge is 2.22. The Labute approximate surface area is 286 Å². The molecule has 0 saturated heterocycles. The van der Waals surface area contributed by atoms with Gasteiger partial charge in [-0.3, -0.25) is 14.1 Å². The van der Waals surface area contributed by atoms with Gasteiger partial charge in [-0.1, -0.05) is 139 Å². The third-order valence-corrected chi connectivity index (χ3v) is 7.84. The summed E-state index contributed by atoms with van der Waals surface area (Å²) in [6, 6.07) is 0. The molecule has 47 heavy (non-hydrogen) atoms. The summed E-state index contributed by atoms with van der Waals surface area (Å²) in [6.45, 7) is 3.48. The molecule has 0 aromatic heterocycles. The minimum atomic E-state index is -4.76. The van der Waals surface area contributed by atoms with Crippen molar-refractivity contribution in [3.05, 3.63) is 60.8 Å². The topological polar surface area (TPSA) is 119 Å². The van der Waals surface area contributed by atoms with Crippen molar-refractivity contribution in [2.45, 2.75) is 155 Å². The van der Waals surface area contributed by atoms with Gasteiger partial charge in [0.2, 0.25) is 0 Å². The van der Waals surface area contributed by atoms with Gasteiger partial charge in [-0.15, -0.1) is 0 Å². The predicted octanol–water partition coefficient (Wildman–Crippen LogP) is 10.6. The van der Waals surface area contributed by atoms with E-state index < -0.39 is 32.5 Å². The van der Waals surface area contributed by atoms with Gasteiger partial charge in [0.25, 0.3) is 0 Å². The number of esters is 2. The molecule has 2 N–H and O–H groups in total. The van der Waals surface area contributed by atoms with E-state index in [1.807, 2.05) is 18.2 Å². The van der Waals surface area contributed by atoms with Crippen LogP contribution in [0.4, 0.5) is 0 Å². The summed E-state index contributed by atoms with van der Waals surface area (Å²) < 4.78 is 26.2. The van der Waals surface area contributed by atoms with Gasteiger partial charge in [-0.25, -0.2) is 4.57 Å². The average molecular weight is 681 g/mol.